The second kappa shape index (κ2) is 8.31. The van der Waals surface area contributed by atoms with Gasteiger partial charge >= 0.3 is 0 Å². The number of aromatic nitrogens is 1. The minimum Gasteiger partial charge on any atom is -0.322 e. The molecule has 1 saturated heterocycles. The number of hydrogen-bond donors (Lipinski definition) is 1. The summed E-state index contributed by atoms with van der Waals surface area (Å²) in [5.74, 6) is -0.116. The van der Waals surface area contributed by atoms with Crippen LogP contribution in [0.15, 0.2) is 48.5 Å². The molecule has 0 bridgehead atoms. The number of carbonyl (C=O) groups excluding carboxylic acids is 1. The third-order valence-electron chi connectivity index (χ3n) is 5.60. The minimum atomic E-state index is -0.116. The molecule has 0 aliphatic carbocycles. The van der Waals surface area contributed by atoms with Crippen molar-refractivity contribution in [2.75, 3.05) is 38.5 Å². The van der Waals surface area contributed by atoms with Crippen molar-refractivity contribution in [2.24, 2.45) is 0 Å². The van der Waals surface area contributed by atoms with Gasteiger partial charge in [-0.3, -0.25) is 14.7 Å². The SMILES string of the molecule is Cc1ccc2cc(C(=O)Nc3cccc(CN4CCN(C)CC4)c3)c(C)nc2c1. The molecule has 0 spiro atoms. The highest BCUT2D eigenvalue weighted by molar-refractivity contribution is 6.06. The first kappa shape index (κ1) is 19.6. The summed E-state index contributed by atoms with van der Waals surface area (Å²) in [6, 6.07) is 16.2. The van der Waals surface area contributed by atoms with E-state index in [2.05, 4.69) is 39.3 Å². The number of fused-ring (bicyclic) bond motifs is 1. The lowest BCUT2D eigenvalue weighted by molar-refractivity contribution is 0.102. The molecule has 5 heteroatoms. The van der Waals surface area contributed by atoms with Gasteiger partial charge in [0.25, 0.3) is 5.91 Å². The number of nitrogens with one attached hydrogen (secondary N) is 1. The number of hydrogen-bond acceptors (Lipinski definition) is 4. The Bertz CT molecular complexity index is 1040. The van der Waals surface area contributed by atoms with Crippen molar-refractivity contribution in [2.45, 2.75) is 20.4 Å². The Hall–Kier alpha value is -2.76. The molecule has 2 aromatic carbocycles. The van der Waals surface area contributed by atoms with E-state index in [4.69, 9.17) is 0 Å². The number of anilines is 1. The van der Waals surface area contributed by atoms with Gasteiger partial charge in [0.2, 0.25) is 0 Å². The summed E-state index contributed by atoms with van der Waals surface area (Å²) >= 11 is 0. The Morgan fingerprint density at radius 3 is 2.62 bits per heavy atom. The smallest absolute Gasteiger partial charge is 0.257 e. The molecule has 1 amide bonds. The molecule has 1 fully saturated rings. The molecule has 150 valence electrons. The summed E-state index contributed by atoms with van der Waals surface area (Å²) in [7, 11) is 2.16. The number of amides is 1. The van der Waals surface area contributed by atoms with E-state index in [1.165, 1.54) is 11.1 Å². The molecule has 3 aromatic rings. The van der Waals surface area contributed by atoms with Crippen LogP contribution < -0.4 is 5.32 Å². The van der Waals surface area contributed by atoms with Gasteiger partial charge in [0.15, 0.2) is 0 Å². The van der Waals surface area contributed by atoms with Gasteiger partial charge in [0, 0.05) is 43.8 Å². The molecule has 1 aliphatic rings. The normalized spacial score (nSPS) is 15.6. The Morgan fingerprint density at radius 1 is 1.03 bits per heavy atom. The van der Waals surface area contributed by atoms with Crippen LogP contribution in [0.1, 0.15) is 27.2 Å². The zero-order chi connectivity index (χ0) is 20.4. The summed E-state index contributed by atoms with van der Waals surface area (Å²) in [5, 5.41) is 4.04. The van der Waals surface area contributed by atoms with Crippen molar-refractivity contribution in [1.29, 1.82) is 0 Å². The van der Waals surface area contributed by atoms with Gasteiger partial charge in [0.1, 0.15) is 0 Å². The number of rotatable bonds is 4. The molecule has 2 heterocycles. The molecule has 0 unspecified atom stereocenters. The molecule has 0 atom stereocenters. The zero-order valence-corrected chi connectivity index (χ0v) is 17.4. The second-order valence-electron chi connectivity index (χ2n) is 8.05. The Balaban J connectivity index is 1.49. The number of nitrogens with zero attached hydrogens (tertiary/aromatic N) is 3. The van der Waals surface area contributed by atoms with E-state index in [1.54, 1.807) is 0 Å². The number of pyridine rings is 1. The van der Waals surface area contributed by atoms with Crippen LogP contribution in [0.4, 0.5) is 5.69 Å². The van der Waals surface area contributed by atoms with E-state index >= 15 is 0 Å². The number of likely N-dealkylation sites (N-methyl/N-ethyl adjacent to an activating group) is 1. The van der Waals surface area contributed by atoms with Gasteiger partial charge in [0.05, 0.1) is 16.8 Å². The van der Waals surface area contributed by atoms with Crippen LogP contribution in [0.5, 0.6) is 0 Å². The molecular formula is C24H28N4O. The summed E-state index contributed by atoms with van der Waals surface area (Å²) in [6.45, 7) is 9.21. The highest BCUT2D eigenvalue weighted by Crippen LogP contribution is 2.20. The van der Waals surface area contributed by atoms with Gasteiger partial charge in [-0.05, 0) is 56.3 Å². The van der Waals surface area contributed by atoms with Crippen molar-refractivity contribution in [3.8, 4) is 0 Å². The average Bonchev–Trinajstić information content (AvgIpc) is 2.69. The summed E-state index contributed by atoms with van der Waals surface area (Å²) in [5.41, 5.74) is 5.49. The molecule has 29 heavy (non-hydrogen) atoms. The Morgan fingerprint density at radius 2 is 1.83 bits per heavy atom. The molecule has 0 radical (unpaired) electrons. The predicted molar refractivity (Wildman–Crippen MR) is 118 cm³/mol. The molecule has 0 saturated carbocycles. The van der Waals surface area contributed by atoms with Crippen LogP contribution in [0.2, 0.25) is 0 Å². The third-order valence-corrected chi connectivity index (χ3v) is 5.60. The maximum atomic E-state index is 12.9. The quantitative estimate of drug-likeness (QED) is 0.738. The lowest BCUT2D eigenvalue weighted by atomic mass is 10.1. The van der Waals surface area contributed by atoms with Crippen LogP contribution in [0, 0.1) is 13.8 Å². The molecule has 1 N–H and O–H groups in total. The molecule has 1 aliphatic heterocycles. The zero-order valence-electron chi connectivity index (χ0n) is 17.4. The van der Waals surface area contributed by atoms with Crippen molar-refractivity contribution >= 4 is 22.5 Å². The van der Waals surface area contributed by atoms with Gasteiger partial charge in [-0.1, -0.05) is 24.3 Å². The maximum absolute atomic E-state index is 12.9. The van der Waals surface area contributed by atoms with Crippen LogP contribution in [0.3, 0.4) is 0 Å². The van der Waals surface area contributed by atoms with Crippen LogP contribution >= 0.6 is 0 Å². The maximum Gasteiger partial charge on any atom is 0.257 e. The minimum absolute atomic E-state index is 0.116. The van der Waals surface area contributed by atoms with Gasteiger partial charge in [-0.15, -0.1) is 0 Å². The van der Waals surface area contributed by atoms with Crippen molar-refractivity contribution in [3.05, 3.63) is 70.9 Å². The highest BCUT2D eigenvalue weighted by atomic mass is 16.1. The largest absolute Gasteiger partial charge is 0.322 e. The summed E-state index contributed by atoms with van der Waals surface area (Å²) in [4.78, 5) is 22.4. The fourth-order valence-electron chi connectivity index (χ4n) is 3.81. The van der Waals surface area contributed by atoms with E-state index in [9.17, 15) is 4.79 Å². The van der Waals surface area contributed by atoms with E-state index in [-0.39, 0.29) is 5.91 Å². The van der Waals surface area contributed by atoms with Crippen LogP contribution in [-0.2, 0) is 6.54 Å². The molecule has 1 aromatic heterocycles. The van der Waals surface area contributed by atoms with Gasteiger partial charge in [-0.2, -0.15) is 0 Å². The van der Waals surface area contributed by atoms with E-state index < -0.39 is 0 Å². The Kier molecular flexibility index (Phi) is 5.60. The fraction of sp³-hybridized carbons (Fsp3) is 0.333. The van der Waals surface area contributed by atoms with E-state index in [0.29, 0.717) is 5.56 Å². The van der Waals surface area contributed by atoms with Crippen molar-refractivity contribution in [1.82, 2.24) is 14.8 Å². The topological polar surface area (TPSA) is 48.5 Å². The highest BCUT2D eigenvalue weighted by Gasteiger charge is 2.15. The molecular weight excluding hydrogens is 360 g/mol. The molecule has 5 nitrogen and oxygen atoms in total. The monoisotopic (exact) mass is 388 g/mol. The number of piperazine rings is 1. The van der Waals surface area contributed by atoms with Gasteiger partial charge in [-0.25, -0.2) is 0 Å². The fourth-order valence-corrected chi connectivity index (χ4v) is 3.81. The summed E-state index contributed by atoms with van der Waals surface area (Å²) < 4.78 is 0. The van der Waals surface area contributed by atoms with Crippen molar-refractivity contribution < 1.29 is 4.79 Å². The lowest BCUT2D eigenvalue weighted by Gasteiger charge is -2.32. The first-order valence-electron chi connectivity index (χ1n) is 10.2. The van der Waals surface area contributed by atoms with E-state index in [0.717, 1.165) is 55.0 Å². The first-order chi connectivity index (χ1) is 14.0. The van der Waals surface area contributed by atoms with Crippen LogP contribution in [0.25, 0.3) is 10.9 Å². The second-order valence-corrected chi connectivity index (χ2v) is 8.05. The Labute approximate surface area is 172 Å². The number of benzene rings is 2. The lowest BCUT2D eigenvalue weighted by Crippen LogP contribution is -2.43. The molecule has 4 rings (SSSR count). The predicted octanol–water partition coefficient (Wildman–Crippen LogP) is 3.85. The van der Waals surface area contributed by atoms with Crippen LogP contribution in [-0.4, -0.2) is 53.9 Å². The average molecular weight is 389 g/mol. The standard InChI is InChI=1S/C24H28N4O/c1-17-7-8-20-15-22(18(2)25-23(20)13-17)24(29)26-21-6-4-5-19(14-21)16-28-11-9-27(3)10-12-28/h4-8,13-15H,9-12,16H2,1-3H3,(H,26,29). The number of carbonyl (C=O) groups is 1. The third kappa shape index (κ3) is 4.63. The number of aryl methyl sites for hydroxylation is 2. The first-order valence-corrected chi connectivity index (χ1v) is 10.2. The van der Waals surface area contributed by atoms with Gasteiger partial charge < -0.3 is 10.2 Å². The van der Waals surface area contributed by atoms with E-state index in [1.807, 2.05) is 50.2 Å². The summed E-state index contributed by atoms with van der Waals surface area (Å²) in [6.07, 6.45) is 0. The van der Waals surface area contributed by atoms with Crippen molar-refractivity contribution in [3.63, 3.8) is 0 Å².